The van der Waals surface area contributed by atoms with Crippen LogP contribution in [-0.2, 0) is 9.59 Å². The van der Waals surface area contributed by atoms with Crippen LogP contribution in [0.2, 0.25) is 0 Å². The zero-order valence-corrected chi connectivity index (χ0v) is 16.5. The first-order chi connectivity index (χ1) is 13.0. The van der Waals surface area contributed by atoms with E-state index in [0.29, 0.717) is 25.3 Å². The van der Waals surface area contributed by atoms with Crippen molar-refractivity contribution in [2.24, 2.45) is 0 Å². The van der Waals surface area contributed by atoms with Crippen molar-refractivity contribution in [2.45, 2.75) is 50.5 Å². The summed E-state index contributed by atoms with van der Waals surface area (Å²) in [4.78, 5) is 28.7. The number of carbonyl (C=O) groups excluding carboxylic acids is 2. The summed E-state index contributed by atoms with van der Waals surface area (Å²) in [6, 6.07) is 7.46. The molecule has 1 aliphatic heterocycles. The molecule has 0 spiro atoms. The summed E-state index contributed by atoms with van der Waals surface area (Å²) in [5.41, 5.74) is 0.795. The lowest BCUT2D eigenvalue weighted by atomic mass is 9.88. The molecule has 2 aliphatic rings. The van der Waals surface area contributed by atoms with E-state index in [2.05, 4.69) is 24.3 Å². The van der Waals surface area contributed by atoms with Crippen molar-refractivity contribution in [2.75, 3.05) is 38.7 Å². The highest BCUT2D eigenvalue weighted by Gasteiger charge is 2.33. The molecule has 1 aliphatic carbocycles. The molecule has 0 saturated heterocycles. The number of benzene rings is 1. The Morgan fingerprint density at radius 1 is 1.19 bits per heavy atom. The number of carbonyl (C=O) groups is 2. The van der Waals surface area contributed by atoms with Gasteiger partial charge in [0.15, 0.2) is 6.61 Å². The second-order valence-corrected chi connectivity index (χ2v) is 7.86. The van der Waals surface area contributed by atoms with Crippen molar-refractivity contribution in [3.05, 3.63) is 24.3 Å². The van der Waals surface area contributed by atoms with E-state index in [0.717, 1.165) is 18.5 Å². The Balaban J connectivity index is 1.56. The lowest BCUT2D eigenvalue weighted by Crippen LogP contribution is -2.52. The molecular formula is C21H31N3O3. The lowest BCUT2D eigenvalue weighted by Gasteiger charge is -2.39. The van der Waals surface area contributed by atoms with Crippen molar-refractivity contribution >= 4 is 17.5 Å². The van der Waals surface area contributed by atoms with Crippen LogP contribution in [0.1, 0.15) is 44.9 Å². The first kappa shape index (κ1) is 19.7. The number of hydrogen-bond donors (Lipinski definition) is 1. The summed E-state index contributed by atoms with van der Waals surface area (Å²) >= 11 is 0. The van der Waals surface area contributed by atoms with Crippen molar-refractivity contribution in [1.29, 1.82) is 0 Å². The summed E-state index contributed by atoms with van der Waals surface area (Å²) in [7, 11) is 4.22. The molecule has 2 amide bonds. The third-order valence-corrected chi connectivity index (χ3v) is 5.97. The van der Waals surface area contributed by atoms with Crippen LogP contribution in [-0.4, -0.2) is 56.0 Å². The van der Waals surface area contributed by atoms with Crippen LogP contribution < -0.4 is 15.0 Å². The van der Waals surface area contributed by atoms with E-state index < -0.39 is 0 Å². The predicted molar refractivity (Wildman–Crippen MR) is 106 cm³/mol. The van der Waals surface area contributed by atoms with Gasteiger partial charge in [0.25, 0.3) is 5.91 Å². The predicted octanol–water partition coefficient (Wildman–Crippen LogP) is 2.57. The second-order valence-electron chi connectivity index (χ2n) is 7.86. The van der Waals surface area contributed by atoms with Crippen LogP contribution in [0.4, 0.5) is 5.69 Å². The Bertz CT molecular complexity index is 666. The average molecular weight is 373 g/mol. The van der Waals surface area contributed by atoms with Gasteiger partial charge in [-0.15, -0.1) is 0 Å². The Labute approximate surface area is 161 Å². The summed E-state index contributed by atoms with van der Waals surface area (Å²) in [5.74, 6) is 0.592. The smallest absolute Gasteiger partial charge is 0.265 e. The highest BCUT2D eigenvalue weighted by atomic mass is 16.5. The van der Waals surface area contributed by atoms with Crippen molar-refractivity contribution in [3.63, 3.8) is 0 Å². The van der Waals surface area contributed by atoms with Crippen LogP contribution in [0.3, 0.4) is 0 Å². The van der Waals surface area contributed by atoms with Gasteiger partial charge in [0, 0.05) is 25.0 Å². The zero-order valence-electron chi connectivity index (χ0n) is 16.5. The Hall–Kier alpha value is -2.08. The normalized spacial score (nSPS) is 19.2. The highest BCUT2D eigenvalue weighted by Crippen LogP contribution is 2.32. The van der Waals surface area contributed by atoms with E-state index in [1.54, 1.807) is 4.90 Å². The van der Waals surface area contributed by atoms with Gasteiger partial charge in [-0.25, -0.2) is 0 Å². The number of rotatable bonds is 6. The molecule has 0 atom stereocenters. The van der Waals surface area contributed by atoms with Crippen molar-refractivity contribution in [3.8, 4) is 5.75 Å². The summed E-state index contributed by atoms with van der Waals surface area (Å²) in [5, 5.41) is 3.13. The van der Waals surface area contributed by atoms with Crippen molar-refractivity contribution in [1.82, 2.24) is 10.2 Å². The minimum absolute atomic E-state index is 0.00255. The maximum atomic E-state index is 12.5. The molecule has 148 valence electrons. The van der Waals surface area contributed by atoms with E-state index in [4.69, 9.17) is 4.74 Å². The van der Waals surface area contributed by atoms with Gasteiger partial charge in [-0.05, 0) is 39.1 Å². The summed E-state index contributed by atoms with van der Waals surface area (Å²) < 4.78 is 5.45. The molecule has 1 saturated carbocycles. The number of nitrogens with one attached hydrogen (secondary N) is 1. The molecule has 6 heteroatoms. The summed E-state index contributed by atoms with van der Waals surface area (Å²) in [6.07, 6.45) is 7.53. The number of amides is 2. The Kier molecular flexibility index (Phi) is 6.37. The van der Waals surface area contributed by atoms with E-state index in [1.807, 2.05) is 24.3 Å². The molecule has 1 heterocycles. The SMILES string of the molecule is CN(C)C1(CNC(=O)CCN2C(=O)COc3ccccc32)CCCCCC1. The molecule has 1 N–H and O–H groups in total. The quantitative estimate of drug-likeness (QED) is 0.779. The number of likely N-dealkylation sites (N-methyl/N-ethyl adjacent to an activating group) is 1. The number of ether oxygens (including phenoxy) is 1. The first-order valence-corrected chi connectivity index (χ1v) is 9.98. The van der Waals surface area contributed by atoms with Gasteiger partial charge in [-0.3, -0.25) is 9.59 Å². The molecule has 1 fully saturated rings. The van der Waals surface area contributed by atoms with Crippen molar-refractivity contribution < 1.29 is 14.3 Å². The van der Waals surface area contributed by atoms with Gasteiger partial charge >= 0.3 is 0 Å². The Morgan fingerprint density at radius 2 is 1.89 bits per heavy atom. The molecule has 0 bridgehead atoms. The van der Waals surface area contributed by atoms with Gasteiger partial charge in [-0.2, -0.15) is 0 Å². The van der Waals surface area contributed by atoms with E-state index in [1.165, 1.54) is 25.7 Å². The maximum absolute atomic E-state index is 12.5. The van der Waals surface area contributed by atoms with Crippen LogP contribution in [0.25, 0.3) is 0 Å². The topological polar surface area (TPSA) is 61.9 Å². The van der Waals surface area contributed by atoms with Gasteiger partial charge in [0.2, 0.25) is 5.91 Å². The van der Waals surface area contributed by atoms with Crippen LogP contribution in [0.15, 0.2) is 24.3 Å². The molecule has 0 unspecified atom stereocenters. The fourth-order valence-corrected chi connectivity index (χ4v) is 4.13. The third kappa shape index (κ3) is 4.61. The van der Waals surface area contributed by atoms with Crippen LogP contribution in [0.5, 0.6) is 5.75 Å². The van der Waals surface area contributed by atoms with Gasteiger partial charge in [-0.1, -0.05) is 37.8 Å². The zero-order chi connectivity index (χ0) is 19.3. The fraction of sp³-hybridized carbons (Fsp3) is 0.619. The van der Waals surface area contributed by atoms with E-state index in [9.17, 15) is 9.59 Å². The average Bonchev–Trinajstić information content (AvgIpc) is 2.92. The monoisotopic (exact) mass is 373 g/mol. The molecule has 6 nitrogen and oxygen atoms in total. The first-order valence-electron chi connectivity index (χ1n) is 9.98. The van der Waals surface area contributed by atoms with Gasteiger partial charge < -0.3 is 19.9 Å². The second kappa shape index (κ2) is 8.74. The van der Waals surface area contributed by atoms with Gasteiger partial charge in [0.1, 0.15) is 5.75 Å². The number of anilines is 1. The minimum atomic E-state index is -0.102. The molecular weight excluding hydrogens is 342 g/mol. The highest BCUT2D eigenvalue weighted by molar-refractivity contribution is 5.98. The molecule has 1 aromatic rings. The molecule has 1 aromatic carbocycles. The van der Waals surface area contributed by atoms with E-state index >= 15 is 0 Å². The standard InChI is InChI=1S/C21H31N3O3/c1-23(2)21(12-7-3-4-8-13-21)16-22-19(25)11-14-24-17-9-5-6-10-18(17)27-15-20(24)26/h5-6,9-10H,3-4,7-8,11-16H2,1-2H3,(H,22,25). The molecule has 27 heavy (non-hydrogen) atoms. The lowest BCUT2D eigenvalue weighted by molar-refractivity contribution is -0.122. The number of hydrogen-bond acceptors (Lipinski definition) is 4. The molecule has 3 rings (SSSR count). The summed E-state index contributed by atoms with van der Waals surface area (Å²) in [6.45, 7) is 1.08. The van der Waals surface area contributed by atoms with Gasteiger partial charge in [0.05, 0.1) is 5.69 Å². The largest absolute Gasteiger partial charge is 0.482 e. The van der Waals surface area contributed by atoms with E-state index in [-0.39, 0.29) is 24.0 Å². The Morgan fingerprint density at radius 3 is 2.59 bits per heavy atom. The number of fused-ring (bicyclic) bond motifs is 1. The number of para-hydroxylation sites is 2. The minimum Gasteiger partial charge on any atom is -0.482 e. The van der Waals surface area contributed by atoms with Crippen LogP contribution >= 0.6 is 0 Å². The maximum Gasteiger partial charge on any atom is 0.265 e. The molecule has 0 aromatic heterocycles. The molecule has 0 radical (unpaired) electrons. The fourth-order valence-electron chi connectivity index (χ4n) is 4.13. The van der Waals surface area contributed by atoms with Crippen LogP contribution in [0, 0.1) is 0 Å². The third-order valence-electron chi connectivity index (χ3n) is 5.97. The number of nitrogens with zero attached hydrogens (tertiary/aromatic N) is 2.